The third kappa shape index (κ3) is 4.87. The fourth-order valence-electron chi connectivity index (χ4n) is 1.37. The van der Waals surface area contributed by atoms with Gasteiger partial charge in [0.2, 0.25) is 0 Å². The molecule has 0 heterocycles. The van der Waals surface area contributed by atoms with Gasteiger partial charge in [0, 0.05) is 9.14 Å². The number of carboxylic acid groups (broad SMARTS) is 1. The Morgan fingerprint density at radius 3 is 2.72 bits per heavy atom. The summed E-state index contributed by atoms with van der Waals surface area (Å²) in [5.41, 5.74) is 0.928. The van der Waals surface area contributed by atoms with Gasteiger partial charge in [-0.15, -0.1) is 0 Å². The number of benzene rings is 1. The lowest BCUT2D eigenvalue weighted by molar-refractivity contribution is -0.142. The SMILES string of the molecule is CCOC(=O)/C(=C/c1cccc(I)c1)CC(=O)O. The summed E-state index contributed by atoms with van der Waals surface area (Å²) >= 11 is 2.15. The molecule has 4 nitrogen and oxygen atoms in total. The molecule has 0 saturated carbocycles. The first-order chi connectivity index (χ1) is 8.52. The van der Waals surface area contributed by atoms with Crippen LogP contribution in [-0.2, 0) is 14.3 Å². The number of carbonyl (C=O) groups excluding carboxylic acids is 1. The van der Waals surface area contributed by atoms with Crippen LogP contribution in [0.3, 0.4) is 0 Å². The largest absolute Gasteiger partial charge is 0.481 e. The van der Waals surface area contributed by atoms with Gasteiger partial charge in [0.15, 0.2) is 0 Å². The highest BCUT2D eigenvalue weighted by Crippen LogP contribution is 2.14. The third-order valence-corrected chi connectivity index (χ3v) is 2.74. The van der Waals surface area contributed by atoms with Crippen molar-refractivity contribution in [2.24, 2.45) is 0 Å². The third-order valence-electron chi connectivity index (χ3n) is 2.07. The topological polar surface area (TPSA) is 63.6 Å². The van der Waals surface area contributed by atoms with Crippen molar-refractivity contribution < 1.29 is 19.4 Å². The normalized spacial score (nSPS) is 11.1. The van der Waals surface area contributed by atoms with Crippen LogP contribution in [0.15, 0.2) is 29.8 Å². The van der Waals surface area contributed by atoms with Gasteiger partial charge in [0.05, 0.1) is 13.0 Å². The lowest BCUT2D eigenvalue weighted by Gasteiger charge is -2.05. The van der Waals surface area contributed by atoms with Crippen molar-refractivity contribution in [3.63, 3.8) is 0 Å². The zero-order chi connectivity index (χ0) is 13.5. The minimum absolute atomic E-state index is 0.145. The first-order valence-corrected chi connectivity index (χ1v) is 6.46. The average Bonchev–Trinajstić information content (AvgIpc) is 2.28. The Morgan fingerprint density at radius 1 is 1.44 bits per heavy atom. The molecule has 1 aromatic carbocycles. The molecule has 1 N–H and O–H groups in total. The van der Waals surface area contributed by atoms with Crippen LogP contribution in [0.4, 0.5) is 0 Å². The van der Waals surface area contributed by atoms with E-state index < -0.39 is 11.9 Å². The van der Waals surface area contributed by atoms with E-state index in [1.165, 1.54) is 0 Å². The van der Waals surface area contributed by atoms with Crippen LogP contribution >= 0.6 is 22.6 Å². The summed E-state index contributed by atoms with van der Waals surface area (Å²) in [6.45, 7) is 1.91. The van der Waals surface area contributed by atoms with Gasteiger partial charge in [0.1, 0.15) is 0 Å². The van der Waals surface area contributed by atoms with Gasteiger partial charge in [-0.05, 0) is 53.3 Å². The van der Waals surface area contributed by atoms with Gasteiger partial charge in [-0.2, -0.15) is 0 Å². The van der Waals surface area contributed by atoms with E-state index in [0.717, 1.165) is 9.13 Å². The van der Waals surface area contributed by atoms with E-state index in [-0.39, 0.29) is 18.6 Å². The summed E-state index contributed by atoms with van der Waals surface area (Å²) in [6, 6.07) is 7.43. The highest BCUT2D eigenvalue weighted by atomic mass is 127. The second-order valence-corrected chi connectivity index (χ2v) is 4.76. The second kappa shape index (κ2) is 7.15. The predicted octanol–water partition coefficient (Wildman–Crippen LogP) is 2.71. The smallest absolute Gasteiger partial charge is 0.334 e. The van der Waals surface area contributed by atoms with Crippen molar-refractivity contribution >= 4 is 40.6 Å². The number of halogens is 1. The van der Waals surface area contributed by atoms with E-state index in [2.05, 4.69) is 22.6 Å². The van der Waals surface area contributed by atoms with Gasteiger partial charge in [-0.25, -0.2) is 4.79 Å². The molecular formula is C13H13IO4. The number of rotatable bonds is 5. The molecule has 18 heavy (non-hydrogen) atoms. The summed E-state index contributed by atoms with van der Waals surface area (Å²) in [5, 5.41) is 8.78. The standard InChI is InChI=1S/C13H13IO4/c1-2-18-13(17)10(8-12(15)16)6-9-4-3-5-11(14)7-9/h3-7H,2,8H2,1H3,(H,15,16)/b10-6+. The molecule has 0 bridgehead atoms. The molecule has 0 aliphatic rings. The van der Waals surface area contributed by atoms with Crippen molar-refractivity contribution in [3.8, 4) is 0 Å². The molecule has 0 aromatic heterocycles. The van der Waals surface area contributed by atoms with E-state index in [9.17, 15) is 9.59 Å². The fourth-order valence-corrected chi connectivity index (χ4v) is 1.93. The predicted molar refractivity (Wildman–Crippen MR) is 76.0 cm³/mol. The van der Waals surface area contributed by atoms with Crippen LogP contribution in [0.25, 0.3) is 6.08 Å². The molecule has 0 aliphatic heterocycles. The Bertz CT molecular complexity index is 480. The lowest BCUT2D eigenvalue weighted by atomic mass is 10.1. The van der Waals surface area contributed by atoms with Gasteiger partial charge in [-0.1, -0.05) is 12.1 Å². The molecule has 0 spiro atoms. The molecular weight excluding hydrogens is 347 g/mol. The van der Waals surface area contributed by atoms with E-state index in [1.54, 1.807) is 13.0 Å². The quantitative estimate of drug-likeness (QED) is 0.498. The highest BCUT2D eigenvalue weighted by Gasteiger charge is 2.14. The Balaban J connectivity index is 3.01. The monoisotopic (exact) mass is 360 g/mol. The highest BCUT2D eigenvalue weighted by molar-refractivity contribution is 14.1. The molecule has 96 valence electrons. The number of esters is 1. The van der Waals surface area contributed by atoms with Gasteiger partial charge < -0.3 is 9.84 Å². The van der Waals surface area contributed by atoms with E-state index >= 15 is 0 Å². The summed E-state index contributed by atoms with van der Waals surface area (Å²) < 4.78 is 5.85. The maximum Gasteiger partial charge on any atom is 0.334 e. The number of hydrogen-bond donors (Lipinski definition) is 1. The van der Waals surface area contributed by atoms with E-state index in [0.29, 0.717) is 0 Å². The summed E-state index contributed by atoms with van der Waals surface area (Å²) in [4.78, 5) is 22.3. The zero-order valence-electron chi connectivity index (χ0n) is 9.85. The van der Waals surface area contributed by atoms with Gasteiger partial charge in [-0.3, -0.25) is 4.79 Å². The number of carboxylic acids is 1. The number of hydrogen-bond acceptors (Lipinski definition) is 3. The Labute approximate surface area is 119 Å². The molecule has 0 atom stereocenters. The summed E-state index contributed by atoms with van der Waals surface area (Å²) in [7, 11) is 0. The molecule has 0 aliphatic carbocycles. The fraction of sp³-hybridized carbons (Fsp3) is 0.231. The molecule has 0 radical (unpaired) electrons. The molecule has 0 unspecified atom stereocenters. The Morgan fingerprint density at radius 2 is 2.17 bits per heavy atom. The van der Waals surface area contributed by atoms with Gasteiger partial charge in [0.25, 0.3) is 0 Å². The first kappa shape index (κ1) is 14.7. The van der Waals surface area contributed by atoms with Crippen LogP contribution in [0.1, 0.15) is 18.9 Å². The minimum atomic E-state index is -1.06. The molecule has 5 heteroatoms. The van der Waals surface area contributed by atoms with Crippen molar-refractivity contribution in [2.75, 3.05) is 6.61 Å². The Hall–Kier alpha value is -1.37. The minimum Gasteiger partial charge on any atom is -0.481 e. The van der Waals surface area contributed by atoms with Crippen molar-refractivity contribution in [3.05, 3.63) is 39.0 Å². The summed E-state index contributed by atoms with van der Waals surface area (Å²) in [5.74, 6) is -1.64. The van der Waals surface area contributed by atoms with Crippen LogP contribution in [0.5, 0.6) is 0 Å². The van der Waals surface area contributed by atoms with Crippen molar-refractivity contribution in [2.45, 2.75) is 13.3 Å². The maximum absolute atomic E-state index is 11.6. The Kier molecular flexibility index (Phi) is 5.84. The molecule has 0 saturated heterocycles. The van der Waals surface area contributed by atoms with E-state index in [1.807, 2.05) is 24.3 Å². The van der Waals surface area contributed by atoms with Gasteiger partial charge >= 0.3 is 11.9 Å². The average molecular weight is 360 g/mol. The zero-order valence-corrected chi connectivity index (χ0v) is 12.0. The van der Waals surface area contributed by atoms with Crippen LogP contribution in [-0.4, -0.2) is 23.7 Å². The number of aliphatic carboxylic acids is 1. The van der Waals surface area contributed by atoms with Crippen LogP contribution in [0.2, 0.25) is 0 Å². The lowest BCUT2D eigenvalue weighted by Crippen LogP contribution is -2.11. The summed E-state index contributed by atoms with van der Waals surface area (Å²) in [6.07, 6.45) is 1.21. The number of ether oxygens (including phenoxy) is 1. The number of carbonyl (C=O) groups is 2. The second-order valence-electron chi connectivity index (χ2n) is 3.52. The molecule has 0 fully saturated rings. The maximum atomic E-state index is 11.6. The molecule has 0 amide bonds. The first-order valence-electron chi connectivity index (χ1n) is 5.38. The van der Waals surface area contributed by atoms with Crippen molar-refractivity contribution in [1.82, 2.24) is 0 Å². The molecule has 1 rings (SSSR count). The van der Waals surface area contributed by atoms with E-state index in [4.69, 9.17) is 9.84 Å². The molecule has 1 aromatic rings. The van der Waals surface area contributed by atoms with Crippen LogP contribution < -0.4 is 0 Å². The van der Waals surface area contributed by atoms with Crippen molar-refractivity contribution in [1.29, 1.82) is 0 Å². The van der Waals surface area contributed by atoms with Crippen LogP contribution in [0, 0.1) is 3.57 Å².